The van der Waals surface area contributed by atoms with E-state index in [1.54, 1.807) is 12.1 Å². The fourth-order valence-corrected chi connectivity index (χ4v) is 3.80. The van der Waals surface area contributed by atoms with Gasteiger partial charge in [0, 0.05) is 16.7 Å². The Bertz CT molecular complexity index is 1010. The van der Waals surface area contributed by atoms with Gasteiger partial charge in [0.25, 0.3) is 0 Å². The zero-order valence-electron chi connectivity index (χ0n) is 16.1. The van der Waals surface area contributed by atoms with Crippen molar-refractivity contribution in [2.45, 2.75) is 12.5 Å². The zero-order chi connectivity index (χ0) is 20.3. The highest BCUT2D eigenvalue weighted by atomic mass is 32.1. The summed E-state index contributed by atoms with van der Waals surface area (Å²) in [5.41, 5.74) is 3.25. The number of aliphatic imine (C=N–C) groups is 1. The van der Waals surface area contributed by atoms with E-state index in [-0.39, 0.29) is 5.82 Å². The van der Waals surface area contributed by atoms with Gasteiger partial charge in [0.05, 0.1) is 30.2 Å². The fraction of sp³-hybridized carbons (Fsp3) is 0.167. The van der Waals surface area contributed by atoms with E-state index in [1.165, 1.54) is 6.07 Å². The molecule has 1 heterocycles. The molecule has 146 valence electrons. The molecule has 1 atom stereocenters. The maximum absolute atomic E-state index is 14.7. The van der Waals surface area contributed by atoms with E-state index in [2.05, 4.69) is 5.32 Å². The summed E-state index contributed by atoms with van der Waals surface area (Å²) in [6.45, 7) is 2.58. The molecule has 5 heteroatoms. The van der Waals surface area contributed by atoms with Gasteiger partial charge in [0.2, 0.25) is 0 Å². The lowest BCUT2D eigenvalue weighted by Gasteiger charge is -2.36. The van der Waals surface area contributed by atoms with Crippen LogP contribution in [0.5, 0.6) is 0 Å². The average Bonchev–Trinajstić information content (AvgIpc) is 2.74. The number of nitrogens with one attached hydrogen (secondary N) is 1. The summed E-state index contributed by atoms with van der Waals surface area (Å²) in [7, 11) is 0. The van der Waals surface area contributed by atoms with Gasteiger partial charge in [-0.2, -0.15) is 0 Å². The van der Waals surface area contributed by atoms with Gasteiger partial charge in [0.15, 0.2) is 0 Å². The van der Waals surface area contributed by atoms with Crippen molar-refractivity contribution >= 4 is 28.6 Å². The van der Waals surface area contributed by atoms with Gasteiger partial charge < -0.3 is 10.1 Å². The van der Waals surface area contributed by atoms with Crippen molar-refractivity contribution in [3.05, 3.63) is 101 Å². The van der Waals surface area contributed by atoms with Gasteiger partial charge in [-0.05, 0) is 25.1 Å². The smallest absolute Gasteiger partial charge is 0.128 e. The van der Waals surface area contributed by atoms with E-state index >= 15 is 0 Å². The minimum absolute atomic E-state index is 0.312. The number of hydrogen-bond donors (Lipinski definition) is 1. The minimum atomic E-state index is -0.732. The number of nitrogens with zero attached hydrogens (tertiary/aromatic N) is 1. The van der Waals surface area contributed by atoms with E-state index in [1.807, 2.05) is 67.6 Å². The number of thiocarbonyl (C=S) groups is 1. The molecular formula is C24H21FN2OS. The molecule has 1 unspecified atom stereocenters. The van der Waals surface area contributed by atoms with Crippen molar-refractivity contribution in [1.82, 2.24) is 5.32 Å². The second kappa shape index (κ2) is 8.23. The first-order valence-electron chi connectivity index (χ1n) is 9.43. The van der Waals surface area contributed by atoms with Crippen LogP contribution >= 0.6 is 12.2 Å². The third kappa shape index (κ3) is 4.26. The molecule has 1 fully saturated rings. The molecule has 0 saturated carbocycles. The number of halogens is 1. The largest absolute Gasteiger partial charge is 0.372 e. The molecule has 3 aromatic carbocycles. The summed E-state index contributed by atoms with van der Waals surface area (Å²) in [5, 5.41) is 3.21. The number of hydrogen-bond acceptors (Lipinski definition) is 3. The predicted molar refractivity (Wildman–Crippen MR) is 118 cm³/mol. The van der Waals surface area contributed by atoms with Crippen LogP contribution in [0.3, 0.4) is 0 Å². The number of ether oxygens (including phenoxy) is 1. The third-order valence-corrected chi connectivity index (χ3v) is 5.14. The van der Waals surface area contributed by atoms with Crippen LogP contribution in [-0.4, -0.2) is 23.9 Å². The molecule has 29 heavy (non-hydrogen) atoms. The summed E-state index contributed by atoms with van der Waals surface area (Å²) in [4.78, 5) is 5.47. The maximum Gasteiger partial charge on any atom is 0.128 e. The highest BCUT2D eigenvalue weighted by Crippen LogP contribution is 2.30. The van der Waals surface area contributed by atoms with Crippen LogP contribution in [0.4, 0.5) is 10.1 Å². The van der Waals surface area contributed by atoms with Crippen molar-refractivity contribution in [3.63, 3.8) is 0 Å². The van der Waals surface area contributed by atoms with Crippen LogP contribution in [0.2, 0.25) is 0 Å². The second-order valence-electron chi connectivity index (χ2n) is 7.23. The fourth-order valence-electron chi connectivity index (χ4n) is 3.50. The van der Waals surface area contributed by atoms with Crippen LogP contribution in [-0.2, 0) is 10.3 Å². The van der Waals surface area contributed by atoms with Crippen LogP contribution in [0.15, 0.2) is 83.9 Å². The van der Waals surface area contributed by atoms with Crippen molar-refractivity contribution in [3.8, 4) is 0 Å². The van der Waals surface area contributed by atoms with Crippen molar-refractivity contribution in [2.75, 3.05) is 13.2 Å². The van der Waals surface area contributed by atoms with Gasteiger partial charge in [-0.15, -0.1) is 0 Å². The summed E-state index contributed by atoms with van der Waals surface area (Å²) in [6, 6.07) is 24.9. The van der Waals surface area contributed by atoms with Crippen LogP contribution in [0.1, 0.15) is 23.6 Å². The molecule has 3 aromatic rings. The van der Waals surface area contributed by atoms with Gasteiger partial charge >= 0.3 is 0 Å². The molecule has 1 aliphatic rings. The van der Waals surface area contributed by atoms with E-state index in [0.717, 1.165) is 16.8 Å². The van der Waals surface area contributed by atoms with Crippen LogP contribution in [0, 0.1) is 5.82 Å². The molecule has 1 aliphatic heterocycles. The first-order valence-corrected chi connectivity index (χ1v) is 9.84. The Kier molecular flexibility index (Phi) is 5.51. The quantitative estimate of drug-likeness (QED) is 0.482. The molecule has 0 amide bonds. The topological polar surface area (TPSA) is 33.6 Å². The minimum Gasteiger partial charge on any atom is -0.372 e. The SMILES string of the molecule is CC1(c2cc(N=C(c3ccccc3)c3ccccc3)ccc2F)COCC(=S)N1. The molecular weight excluding hydrogens is 383 g/mol. The normalized spacial score (nSPS) is 18.8. The Hall–Kier alpha value is -2.89. The van der Waals surface area contributed by atoms with Crippen LogP contribution in [0.25, 0.3) is 0 Å². The molecule has 1 saturated heterocycles. The molecule has 1 N–H and O–H groups in total. The van der Waals surface area contributed by atoms with E-state index in [9.17, 15) is 4.39 Å². The highest BCUT2D eigenvalue weighted by molar-refractivity contribution is 7.80. The molecule has 3 nitrogen and oxygen atoms in total. The molecule has 0 bridgehead atoms. The summed E-state index contributed by atoms with van der Waals surface area (Å²) in [6.07, 6.45) is 0. The maximum atomic E-state index is 14.7. The lowest BCUT2D eigenvalue weighted by Crippen LogP contribution is -2.52. The highest BCUT2D eigenvalue weighted by Gasteiger charge is 2.34. The standard InChI is InChI=1S/C24H21FN2OS/c1-24(16-28-15-22(29)27-24)20-14-19(12-13-21(20)25)26-23(17-8-4-2-5-9-17)18-10-6-3-7-11-18/h2-14H,15-16H2,1H3,(H,27,29). The lowest BCUT2D eigenvalue weighted by molar-refractivity contribution is 0.0857. The zero-order valence-corrected chi connectivity index (χ0v) is 16.9. The third-order valence-electron chi connectivity index (χ3n) is 4.92. The molecule has 0 aliphatic carbocycles. The van der Waals surface area contributed by atoms with Crippen LogP contribution < -0.4 is 5.32 Å². The molecule has 0 aromatic heterocycles. The first kappa shape index (κ1) is 19.4. The predicted octanol–water partition coefficient (Wildman–Crippen LogP) is 5.16. The average molecular weight is 405 g/mol. The molecule has 0 radical (unpaired) electrons. The van der Waals surface area contributed by atoms with E-state index < -0.39 is 5.54 Å². The van der Waals surface area contributed by atoms with Gasteiger partial charge in [-0.3, -0.25) is 0 Å². The number of benzene rings is 3. The Labute approximate surface area is 175 Å². The summed E-state index contributed by atoms with van der Waals surface area (Å²) in [5.74, 6) is -0.312. The Balaban J connectivity index is 1.80. The second-order valence-corrected chi connectivity index (χ2v) is 7.72. The van der Waals surface area contributed by atoms with Crippen molar-refractivity contribution in [2.24, 2.45) is 4.99 Å². The Morgan fingerprint density at radius 2 is 1.62 bits per heavy atom. The lowest BCUT2D eigenvalue weighted by atomic mass is 9.91. The number of morpholine rings is 1. The van der Waals surface area contributed by atoms with E-state index in [0.29, 0.717) is 29.5 Å². The van der Waals surface area contributed by atoms with Gasteiger partial charge in [0.1, 0.15) is 10.8 Å². The molecule has 0 spiro atoms. The first-order chi connectivity index (χ1) is 14.0. The monoisotopic (exact) mass is 404 g/mol. The Morgan fingerprint density at radius 3 is 2.21 bits per heavy atom. The summed E-state index contributed by atoms with van der Waals surface area (Å²) >= 11 is 5.24. The number of rotatable bonds is 4. The molecule has 4 rings (SSSR count). The summed E-state index contributed by atoms with van der Waals surface area (Å²) < 4.78 is 20.3. The van der Waals surface area contributed by atoms with Gasteiger partial charge in [-0.25, -0.2) is 9.38 Å². The van der Waals surface area contributed by atoms with Crippen molar-refractivity contribution < 1.29 is 9.13 Å². The van der Waals surface area contributed by atoms with Crippen molar-refractivity contribution in [1.29, 1.82) is 0 Å². The Morgan fingerprint density at radius 1 is 1.00 bits per heavy atom. The van der Waals surface area contributed by atoms with E-state index in [4.69, 9.17) is 21.9 Å². The van der Waals surface area contributed by atoms with Gasteiger partial charge in [-0.1, -0.05) is 72.9 Å².